The van der Waals surface area contributed by atoms with E-state index in [0.717, 1.165) is 18.9 Å². The first-order chi connectivity index (χ1) is 12.4. The van der Waals surface area contributed by atoms with Crippen LogP contribution in [0.1, 0.15) is 36.2 Å². The molecule has 1 saturated heterocycles. The molecule has 4 rings (SSSR count). The fourth-order valence-electron chi connectivity index (χ4n) is 3.76. The number of nitrogens with zero attached hydrogens (tertiary/aromatic N) is 3. The molecular weight excluding hydrogens is 375 g/mol. The van der Waals surface area contributed by atoms with Crippen LogP contribution in [0.4, 0.5) is 10.2 Å². The number of anilines is 1. The predicted molar refractivity (Wildman–Crippen MR) is 103 cm³/mol. The first kappa shape index (κ1) is 19.6. The average Bonchev–Trinajstić information content (AvgIpc) is 3.37. The number of carboxylic acid groups (broad SMARTS) is 1. The molecule has 7 nitrogen and oxygen atoms in total. The summed E-state index contributed by atoms with van der Waals surface area (Å²) in [6, 6.07) is 1.50. The van der Waals surface area contributed by atoms with Gasteiger partial charge in [-0.2, -0.15) is 0 Å². The van der Waals surface area contributed by atoms with Crippen LogP contribution in [0.25, 0.3) is 11.0 Å². The maximum atomic E-state index is 14.8. The minimum absolute atomic E-state index is 0. The highest BCUT2D eigenvalue weighted by Gasteiger charge is 2.32. The molecule has 2 N–H and O–H groups in total. The van der Waals surface area contributed by atoms with Gasteiger partial charge >= 0.3 is 5.97 Å². The van der Waals surface area contributed by atoms with E-state index in [1.165, 1.54) is 6.20 Å². The molecule has 2 unspecified atom stereocenters. The van der Waals surface area contributed by atoms with Crippen molar-refractivity contribution in [2.45, 2.75) is 31.8 Å². The van der Waals surface area contributed by atoms with Crippen LogP contribution in [0.5, 0.6) is 0 Å². The number of likely N-dealkylation sites (N-methyl/N-ethyl adjacent to an activating group) is 1. The lowest BCUT2D eigenvalue weighted by molar-refractivity contribution is 0.0695. The van der Waals surface area contributed by atoms with Gasteiger partial charge in [0.1, 0.15) is 11.2 Å². The highest BCUT2D eigenvalue weighted by Crippen LogP contribution is 2.37. The smallest absolute Gasteiger partial charge is 0.341 e. The summed E-state index contributed by atoms with van der Waals surface area (Å²) in [6.07, 6.45) is 3.14. The SMILES string of the molecule is CNC1CN(c2nc3c(cc2F)c(=O)c(C(=O)O)cn3C2CC2)CC1C.Cl. The van der Waals surface area contributed by atoms with Crippen molar-refractivity contribution in [3.05, 3.63) is 33.9 Å². The molecule has 0 amide bonds. The Kier molecular flexibility index (Phi) is 5.14. The van der Waals surface area contributed by atoms with Crippen LogP contribution in [0.3, 0.4) is 0 Å². The molecule has 27 heavy (non-hydrogen) atoms. The first-order valence-electron chi connectivity index (χ1n) is 8.81. The highest BCUT2D eigenvalue weighted by molar-refractivity contribution is 5.92. The van der Waals surface area contributed by atoms with E-state index in [-0.39, 0.29) is 41.3 Å². The molecule has 1 saturated carbocycles. The fraction of sp³-hybridized carbons (Fsp3) is 0.500. The van der Waals surface area contributed by atoms with Crippen LogP contribution in [-0.2, 0) is 0 Å². The summed E-state index contributed by atoms with van der Waals surface area (Å²) in [6.45, 7) is 3.40. The number of nitrogens with one attached hydrogen (secondary N) is 1. The third kappa shape index (κ3) is 3.27. The summed E-state index contributed by atoms with van der Waals surface area (Å²) in [5.74, 6) is -1.33. The molecule has 2 aromatic heterocycles. The number of carboxylic acids is 1. The summed E-state index contributed by atoms with van der Waals surface area (Å²) in [7, 11) is 1.88. The van der Waals surface area contributed by atoms with E-state index in [2.05, 4.69) is 17.2 Å². The Bertz CT molecular complexity index is 960. The van der Waals surface area contributed by atoms with E-state index >= 15 is 0 Å². The number of hydrogen-bond acceptors (Lipinski definition) is 5. The van der Waals surface area contributed by atoms with E-state index in [1.807, 2.05) is 11.9 Å². The van der Waals surface area contributed by atoms with Crippen molar-refractivity contribution in [3.8, 4) is 0 Å². The lowest BCUT2D eigenvalue weighted by Crippen LogP contribution is -2.32. The van der Waals surface area contributed by atoms with Crippen molar-refractivity contribution in [1.29, 1.82) is 0 Å². The third-order valence-corrected chi connectivity index (χ3v) is 5.39. The number of fused-ring (bicyclic) bond motifs is 1. The topological polar surface area (TPSA) is 87.5 Å². The molecule has 2 fully saturated rings. The van der Waals surface area contributed by atoms with E-state index in [0.29, 0.717) is 24.7 Å². The van der Waals surface area contributed by atoms with Crippen LogP contribution >= 0.6 is 12.4 Å². The number of hydrogen-bond donors (Lipinski definition) is 2. The van der Waals surface area contributed by atoms with Gasteiger partial charge in [-0.25, -0.2) is 14.2 Å². The monoisotopic (exact) mass is 396 g/mol. The van der Waals surface area contributed by atoms with E-state index < -0.39 is 17.2 Å². The summed E-state index contributed by atoms with van der Waals surface area (Å²) >= 11 is 0. The van der Waals surface area contributed by atoms with Gasteiger partial charge in [-0.3, -0.25) is 4.79 Å². The molecule has 146 valence electrons. The molecule has 2 atom stereocenters. The summed E-state index contributed by atoms with van der Waals surface area (Å²) < 4.78 is 16.5. The largest absolute Gasteiger partial charge is 0.477 e. The van der Waals surface area contributed by atoms with Gasteiger partial charge in [-0.05, 0) is 31.9 Å². The van der Waals surface area contributed by atoms with Crippen LogP contribution in [0, 0.1) is 11.7 Å². The van der Waals surface area contributed by atoms with Gasteiger partial charge in [0, 0.05) is 31.4 Å². The second kappa shape index (κ2) is 7.09. The van der Waals surface area contributed by atoms with Crippen molar-refractivity contribution in [1.82, 2.24) is 14.9 Å². The maximum Gasteiger partial charge on any atom is 0.341 e. The molecule has 0 spiro atoms. The summed E-state index contributed by atoms with van der Waals surface area (Å²) in [5.41, 5.74) is -0.673. The van der Waals surface area contributed by atoms with Crippen molar-refractivity contribution in [2.24, 2.45) is 5.92 Å². The molecule has 2 aliphatic rings. The van der Waals surface area contributed by atoms with Gasteiger partial charge in [-0.1, -0.05) is 6.92 Å². The second-order valence-electron chi connectivity index (χ2n) is 7.26. The van der Waals surface area contributed by atoms with Crippen LogP contribution < -0.4 is 15.6 Å². The zero-order valence-electron chi connectivity index (χ0n) is 15.1. The molecule has 0 radical (unpaired) electrons. The van der Waals surface area contributed by atoms with Crippen molar-refractivity contribution >= 4 is 35.2 Å². The van der Waals surface area contributed by atoms with Crippen molar-refractivity contribution in [3.63, 3.8) is 0 Å². The van der Waals surface area contributed by atoms with Crippen molar-refractivity contribution < 1.29 is 14.3 Å². The number of carbonyl (C=O) groups is 1. The summed E-state index contributed by atoms with van der Waals surface area (Å²) in [5, 5.41) is 12.5. The van der Waals surface area contributed by atoms with Gasteiger partial charge in [-0.15, -0.1) is 12.4 Å². The third-order valence-electron chi connectivity index (χ3n) is 5.39. The normalized spacial score (nSPS) is 22.1. The molecule has 0 bridgehead atoms. The molecule has 9 heteroatoms. The van der Waals surface area contributed by atoms with Gasteiger partial charge in [0.15, 0.2) is 11.6 Å². The van der Waals surface area contributed by atoms with Crippen molar-refractivity contribution in [2.75, 3.05) is 25.0 Å². The lowest BCUT2D eigenvalue weighted by Gasteiger charge is -2.20. The number of rotatable bonds is 4. The Hall–Kier alpha value is -2.19. The Morgan fingerprint density at radius 3 is 2.63 bits per heavy atom. The van der Waals surface area contributed by atoms with Gasteiger partial charge in [0.2, 0.25) is 5.43 Å². The zero-order chi connectivity index (χ0) is 18.6. The average molecular weight is 397 g/mol. The molecule has 1 aliphatic carbocycles. The zero-order valence-corrected chi connectivity index (χ0v) is 15.9. The Balaban J connectivity index is 0.00000210. The number of halogens is 2. The van der Waals surface area contributed by atoms with E-state index in [1.54, 1.807) is 4.57 Å². The number of aromatic carboxylic acids is 1. The van der Waals surface area contributed by atoms with Crippen LogP contribution in [0.2, 0.25) is 0 Å². The van der Waals surface area contributed by atoms with Gasteiger partial charge < -0.3 is 19.9 Å². The maximum absolute atomic E-state index is 14.8. The molecule has 2 aromatic rings. The quantitative estimate of drug-likeness (QED) is 0.822. The molecule has 3 heterocycles. The summed E-state index contributed by atoms with van der Waals surface area (Å²) in [4.78, 5) is 30.2. The van der Waals surface area contributed by atoms with Gasteiger partial charge in [0.05, 0.1) is 5.39 Å². The first-order valence-corrected chi connectivity index (χ1v) is 8.81. The number of aromatic nitrogens is 2. The Morgan fingerprint density at radius 1 is 1.37 bits per heavy atom. The van der Waals surface area contributed by atoms with E-state index in [4.69, 9.17) is 0 Å². The van der Waals surface area contributed by atoms with Crippen LogP contribution in [0.15, 0.2) is 17.1 Å². The molecular formula is C18H22ClFN4O3. The minimum atomic E-state index is -1.30. The van der Waals surface area contributed by atoms with E-state index in [9.17, 15) is 19.1 Å². The number of pyridine rings is 2. The Labute approximate surface area is 161 Å². The standard InChI is InChI=1S/C18H21FN4O3.ClH/c1-9-6-22(8-14(9)20-2)17-13(19)5-11-15(24)12(18(25)26)7-23(10-3-4-10)16(11)21-17;/h5,7,9-10,14,20H,3-4,6,8H2,1-2H3,(H,25,26);1H. The Morgan fingerprint density at radius 2 is 2.07 bits per heavy atom. The molecule has 1 aliphatic heterocycles. The second-order valence-corrected chi connectivity index (χ2v) is 7.26. The lowest BCUT2D eigenvalue weighted by atomic mass is 10.1. The van der Waals surface area contributed by atoms with Crippen LogP contribution in [-0.4, -0.2) is 46.8 Å². The minimum Gasteiger partial charge on any atom is -0.477 e. The molecule has 0 aromatic carbocycles. The predicted octanol–water partition coefficient (Wildman–Crippen LogP) is 2.03. The highest BCUT2D eigenvalue weighted by atomic mass is 35.5. The fourth-order valence-corrected chi connectivity index (χ4v) is 3.76. The van der Waals surface area contributed by atoms with Gasteiger partial charge in [0.25, 0.3) is 0 Å².